The van der Waals surface area contributed by atoms with Gasteiger partial charge in [-0.05, 0) is 47.9 Å². The second kappa shape index (κ2) is 8.09. The van der Waals surface area contributed by atoms with Gasteiger partial charge >= 0.3 is 0 Å². The van der Waals surface area contributed by atoms with Crippen molar-refractivity contribution in [2.75, 3.05) is 12.3 Å². The average Bonchev–Trinajstić information content (AvgIpc) is 3.20. The summed E-state index contributed by atoms with van der Waals surface area (Å²) < 4.78 is 27.8. The Morgan fingerprint density at radius 3 is 2.04 bits per heavy atom. The Balaban J connectivity index is 0.00000196. The average molecular weight is 393 g/mol. The summed E-state index contributed by atoms with van der Waals surface area (Å²) >= 11 is 0. The molecule has 4 rings (SSSR count). The molecule has 2 N–H and O–H groups in total. The highest BCUT2D eigenvalue weighted by Gasteiger charge is 2.26. The fraction of sp³-hybridized carbons (Fsp3) is 0.400. The first-order valence-corrected chi connectivity index (χ1v) is 10.7. The molecule has 2 aromatic carbocycles. The van der Waals surface area contributed by atoms with Gasteiger partial charge in [0.25, 0.3) is 0 Å². The van der Waals surface area contributed by atoms with Gasteiger partial charge in [-0.2, -0.15) is 0 Å². The van der Waals surface area contributed by atoms with Gasteiger partial charge in [0.1, 0.15) is 0 Å². The van der Waals surface area contributed by atoms with Crippen molar-refractivity contribution >= 4 is 22.4 Å². The van der Waals surface area contributed by atoms with E-state index in [1.165, 1.54) is 16.7 Å². The van der Waals surface area contributed by atoms with E-state index in [-0.39, 0.29) is 30.2 Å². The standard InChI is InChI=1S/C20H24N2O2S.ClH/c23-25(24,22-20-12-10-16-6-2-4-8-18(16)20)14-13-21-19-11-9-15-5-1-3-7-17(15)19;/h1-8,19-22H,9-14H2;1H. The lowest BCUT2D eigenvalue weighted by Crippen LogP contribution is -2.34. The van der Waals surface area contributed by atoms with Crippen LogP contribution in [0.2, 0.25) is 0 Å². The summed E-state index contributed by atoms with van der Waals surface area (Å²) in [5, 5.41) is 3.42. The van der Waals surface area contributed by atoms with Gasteiger partial charge in [-0.25, -0.2) is 13.1 Å². The van der Waals surface area contributed by atoms with Gasteiger partial charge in [0.15, 0.2) is 0 Å². The SMILES string of the molecule is Cl.O=S(=O)(CCNC1CCc2ccccc21)NC1CCc2ccccc21. The highest BCUT2D eigenvalue weighted by atomic mass is 35.5. The van der Waals surface area contributed by atoms with E-state index in [9.17, 15) is 8.42 Å². The van der Waals surface area contributed by atoms with Crippen molar-refractivity contribution in [1.29, 1.82) is 0 Å². The van der Waals surface area contributed by atoms with Crippen molar-refractivity contribution in [3.05, 3.63) is 70.8 Å². The smallest absolute Gasteiger partial charge is 0.213 e. The molecule has 6 heteroatoms. The molecule has 4 nitrogen and oxygen atoms in total. The molecule has 26 heavy (non-hydrogen) atoms. The van der Waals surface area contributed by atoms with E-state index in [4.69, 9.17) is 0 Å². The number of fused-ring (bicyclic) bond motifs is 2. The molecule has 0 saturated heterocycles. The number of hydrogen-bond acceptors (Lipinski definition) is 3. The molecule has 2 aromatic rings. The molecule has 2 aliphatic carbocycles. The predicted octanol–water partition coefficient (Wildman–Crippen LogP) is 3.29. The third-order valence-corrected chi connectivity index (χ3v) is 6.73. The van der Waals surface area contributed by atoms with E-state index in [2.05, 4.69) is 40.4 Å². The Morgan fingerprint density at radius 2 is 1.38 bits per heavy atom. The van der Waals surface area contributed by atoms with Crippen LogP contribution in [-0.2, 0) is 22.9 Å². The maximum absolute atomic E-state index is 12.5. The lowest BCUT2D eigenvalue weighted by atomic mass is 10.1. The number of benzene rings is 2. The summed E-state index contributed by atoms with van der Waals surface area (Å²) in [6.07, 6.45) is 3.91. The molecular formula is C20H25ClN2O2S. The second-order valence-electron chi connectivity index (χ2n) is 6.97. The van der Waals surface area contributed by atoms with Crippen molar-refractivity contribution in [1.82, 2.24) is 10.0 Å². The Bertz CT molecular complexity index is 870. The van der Waals surface area contributed by atoms with Crippen LogP contribution in [0.15, 0.2) is 48.5 Å². The number of halogens is 1. The minimum atomic E-state index is -3.29. The van der Waals surface area contributed by atoms with E-state index >= 15 is 0 Å². The Morgan fingerprint density at radius 1 is 0.846 bits per heavy atom. The Labute approximate surface area is 161 Å². The summed E-state index contributed by atoms with van der Waals surface area (Å²) in [7, 11) is -3.29. The van der Waals surface area contributed by atoms with E-state index in [1.54, 1.807) is 0 Å². The Kier molecular flexibility index (Phi) is 6.03. The third kappa shape index (κ3) is 4.12. The fourth-order valence-electron chi connectivity index (χ4n) is 4.09. The molecule has 0 radical (unpaired) electrons. The number of sulfonamides is 1. The number of nitrogens with one attached hydrogen (secondary N) is 2. The van der Waals surface area contributed by atoms with Crippen LogP contribution >= 0.6 is 12.4 Å². The zero-order chi connectivity index (χ0) is 17.3. The first-order valence-electron chi connectivity index (χ1n) is 9.01. The molecule has 0 bridgehead atoms. The summed E-state index contributed by atoms with van der Waals surface area (Å²) in [4.78, 5) is 0. The van der Waals surface area contributed by atoms with Gasteiger partial charge in [0, 0.05) is 18.6 Å². The van der Waals surface area contributed by atoms with Crippen LogP contribution in [0.3, 0.4) is 0 Å². The molecular weight excluding hydrogens is 368 g/mol. The molecule has 140 valence electrons. The van der Waals surface area contributed by atoms with E-state index in [0.717, 1.165) is 31.2 Å². The van der Waals surface area contributed by atoms with Crippen molar-refractivity contribution in [2.24, 2.45) is 0 Å². The quantitative estimate of drug-likeness (QED) is 0.793. The van der Waals surface area contributed by atoms with Crippen LogP contribution < -0.4 is 10.0 Å². The zero-order valence-corrected chi connectivity index (χ0v) is 16.3. The Hall–Kier alpha value is -1.40. The topological polar surface area (TPSA) is 58.2 Å². The summed E-state index contributed by atoms with van der Waals surface area (Å²) in [6.45, 7) is 0.475. The maximum Gasteiger partial charge on any atom is 0.213 e. The zero-order valence-electron chi connectivity index (χ0n) is 14.6. The first-order chi connectivity index (χ1) is 12.1. The number of hydrogen-bond donors (Lipinski definition) is 2. The van der Waals surface area contributed by atoms with Gasteiger partial charge in [-0.1, -0.05) is 48.5 Å². The second-order valence-corrected chi connectivity index (χ2v) is 8.84. The van der Waals surface area contributed by atoms with Crippen molar-refractivity contribution in [2.45, 2.75) is 37.8 Å². The monoisotopic (exact) mass is 392 g/mol. The van der Waals surface area contributed by atoms with Crippen LogP contribution in [-0.4, -0.2) is 20.7 Å². The van der Waals surface area contributed by atoms with Gasteiger partial charge in [0.2, 0.25) is 10.0 Å². The van der Waals surface area contributed by atoms with Gasteiger partial charge < -0.3 is 5.32 Å². The third-order valence-electron chi connectivity index (χ3n) is 5.35. The lowest BCUT2D eigenvalue weighted by Gasteiger charge is -2.17. The van der Waals surface area contributed by atoms with Gasteiger partial charge in [-0.15, -0.1) is 12.4 Å². The number of aryl methyl sites for hydroxylation is 2. The summed E-state index contributed by atoms with van der Waals surface area (Å²) in [6, 6.07) is 16.7. The fourth-order valence-corrected chi connectivity index (χ4v) is 5.27. The maximum atomic E-state index is 12.5. The molecule has 0 spiro atoms. The van der Waals surface area contributed by atoms with Crippen LogP contribution in [0.4, 0.5) is 0 Å². The van der Waals surface area contributed by atoms with Crippen molar-refractivity contribution < 1.29 is 8.42 Å². The highest BCUT2D eigenvalue weighted by molar-refractivity contribution is 7.89. The molecule has 0 fully saturated rings. The number of rotatable bonds is 6. The van der Waals surface area contributed by atoms with E-state index < -0.39 is 10.0 Å². The molecule has 2 unspecified atom stereocenters. The molecule has 0 aliphatic heterocycles. The van der Waals surface area contributed by atoms with Crippen LogP contribution in [0.1, 0.15) is 47.2 Å². The van der Waals surface area contributed by atoms with Crippen molar-refractivity contribution in [3.63, 3.8) is 0 Å². The largest absolute Gasteiger partial charge is 0.309 e. The predicted molar refractivity (Wildman–Crippen MR) is 107 cm³/mol. The molecule has 0 amide bonds. The summed E-state index contributed by atoms with van der Waals surface area (Å²) in [5.41, 5.74) is 5.08. The molecule has 2 aliphatic rings. The molecule has 0 heterocycles. The summed E-state index contributed by atoms with van der Waals surface area (Å²) in [5.74, 6) is 0.115. The van der Waals surface area contributed by atoms with Crippen LogP contribution in [0, 0.1) is 0 Å². The highest BCUT2D eigenvalue weighted by Crippen LogP contribution is 2.32. The lowest BCUT2D eigenvalue weighted by molar-refractivity contribution is 0.529. The minimum Gasteiger partial charge on any atom is -0.309 e. The van der Waals surface area contributed by atoms with Crippen molar-refractivity contribution in [3.8, 4) is 0 Å². The van der Waals surface area contributed by atoms with E-state index in [0.29, 0.717) is 6.54 Å². The minimum absolute atomic E-state index is 0. The van der Waals surface area contributed by atoms with Gasteiger partial charge in [-0.3, -0.25) is 0 Å². The van der Waals surface area contributed by atoms with E-state index in [1.807, 2.05) is 18.2 Å². The molecule has 0 aromatic heterocycles. The van der Waals surface area contributed by atoms with Crippen LogP contribution in [0.5, 0.6) is 0 Å². The first kappa shape index (κ1) is 19.4. The van der Waals surface area contributed by atoms with Crippen LogP contribution in [0.25, 0.3) is 0 Å². The molecule has 0 saturated carbocycles. The van der Waals surface area contributed by atoms with Gasteiger partial charge in [0.05, 0.1) is 5.75 Å². The molecule has 2 atom stereocenters. The normalized spacial score (nSPS) is 21.1.